The van der Waals surface area contributed by atoms with Crippen molar-refractivity contribution in [3.8, 4) is 0 Å². The number of aromatic nitrogens is 2. The highest BCUT2D eigenvalue weighted by molar-refractivity contribution is 7.17. The van der Waals surface area contributed by atoms with Crippen molar-refractivity contribution < 1.29 is 0 Å². The predicted molar refractivity (Wildman–Crippen MR) is 82.6 cm³/mol. The first-order valence-corrected chi connectivity index (χ1v) is 7.54. The number of nitrogen functional groups attached to an aromatic ring is 1. The van der Waals surface area contributed by atoms with Crippen LogP contribution in [0.15, 0.2) is 11.4 Å². The summed E-state index contributed by atoms with van der Waals surface area (Å²) in [5.74, 6) is 7.55. The van der Waals surface area contributed by atoms with Gasteiger partial charge in [0, 0.05) is 13.1 Å². The molecule has 2 heterocycles. The number of nitrogens with two attached hydrogens (primary N) is 1. The van der Waals surface area contributed by atoms with Gasteiger partial charge in [0.1, 0.15) is 0 Å². The number of anilines is 2. The number of fused-ring (bicyclic) bond motifs is 1. The minimum absolute atomic E-state index is 0.475. The Hall–Kier alpha value is -1.40. The molecule has 2 rings (SSSR count). The average Bonchev–Trinajstić information content (AvgIpc) is 2.91. The third kappa shape index (κ3) is 2.96. The maximum atomic E-state index is 5.46. The largest absolute Gasteiger partial charge is 0.355 e. The Labute approximate surface area is 117 Å². The first kappa shape index (κ1) is 14.0. The topological polar surface area (TPSA) is 67.1 Å². The van der Waals surface area contributed by atoms with Crippen molar-refractivity contribution >= 4 is 33.3 Å². The van der Waals surface area contributed by atoms with Crippen LogP contribution in [-0.2, 0) is 0 Å². The summed E-state index contributed by atoms with van der Waals surface area (Å²) in [4.78, 5) is 11.2. The van der Waals surface area contributed by atoms with Crippen molar-refractivity contribution in [3.63, 3.8) is 0 Å². The summed E-state index contributed by atoms with van der Waals surface area (Å²) >= 11 is 1.68. The van der Waals surface area contributed by atoms with E-state index in [0.717, 1.165) is 35.5 Å². The number of nitrogens with one attached hydrogen (secondary N) is 1. The highest BCUT2D eigenvalue weighted by atomic mass is 32.1. The zero-order valence-corrected chi connectivity index (χ0v) is 12.5. The van der Waals surface area contributed by atoms with Crippen molar-refractivity contribution in [3.05, 3.63) is 11.4 Å². The number of hydrogen-bond donors (Lipinski definition) is 2. The van der Waals surface area contributed by atoms with Crippen LogP contribution in [0.2, 0.25) is 0 Å². The molecule has 0 aromatic carbocycles. The molecule has 19 heavy (non-hydrogen) atoms. The normalized spacial score (nSPS) is 12.6. The van der Waals surface area contributed by atoms with Gasteiger partial charge in [-0.15, -0.1) is 11.3 Å². The molecule has 0 amide bonds. The summed E-state index contributed by atoms with van der Waals surface area (Å²) in [6.45, 7) is 8.56. The van der Waals surface area contributed by atoms with Crippen LogP contribution in [0, 0.1) is 5.92 Å². The number of rotatable bonds is 6. The van der Waals surface area contributed by atoms with Gasteiger partial charge in [0.25, 0.3) is 0 Å². The predicted octanol–water partition coefficient (Wildman–Crippen LogP) is 2.85. The number of thiophene rings is 1. The van der Waals surface area contributed by atoms with Crippen LogP contribution in [0.4, 0.5) is 11.8 Å². The van der Waals surface area contributed by atoms with Crippen LogP contribution in [0.3, 0.4) is 0 Å². The molecular formula is C13H21N5S. The fourth-order valence-corrected chi connectivity index (χ4v) is 2.85. The molecule has 0 aliphatic rings. The smallest absolute Gasteiger partial charge is 0.239 e. The Balaban J connectivity index is 2.42. The number of hydrazine groups is 1. The molecule has 0 radical (unpaired) electrons. The summed E-state index contributed by atoms with van der Waals surface area (Å²) in [7, 11) is 0. The third-order valence-electron chi connectivity index (χ3n) is 3.33. The molecule has 1 unspecified atom stereocenters. The second-order valence-corrected chi connectivity index (χ2v) is 5.62. The highest BCUT2D eigenvalue weighted by Gasteiger charge is 2.16. The molecule has 0 bridgehead atoms. The summed E-state index contributed by atoms with van der Waals surface area (Å²) in [6.07, 6.45) is 1.16. The van der Waals surface area contributed by atoms with E-state index >= 15 is 0 Å². The van der Waals surface area contributed by atoms with Gasteiger partial charge in [-0.25, -0.2) is 10.8 Å². The lowest BCUT2D eigenvalue weighted by Gasteiger charge is -2.25. The third-order valence-corrected chi connectivity index (χ3v) is 4.22. The van der Waals surface area contributed by atoms with E-state index in [9.17, 15) is 0 Å². The van der Waals surface area contributed by atoms with Gasteiger partial charge in [-0.3, -0.25) is 5.43 Å². The van der Waals surface area contributed by atoms with Gasteiger partial charge in [0.15, 0.2) is 5.82 Å². The highest BCUT2D eigenvalue weighted by Crippen LogP contribution is 2.30. The quantitative estimate of drug-likeness (QED) is 0.628. The zero-order chi connectivity index (χ0) is 13.8. The monoisotopic (exact) mass is 279 g/mol. The van der Waals surface area contributed by atoms with Gasteiger partial charge in [-0.2, -0.15) is 4.98 Å². The van der Waals surface area contributed by atoms with Gasteiger partial charge in [-0.1, -0.05) is 20.3 Å². The Morgan fingerprint density at radius 1 is 1.42 bits per heavy atom. The molecule has 0 aliphatic carbocycles. The molecule has 104 valence electrons. The van der Waals surface area contributed by atoms with Gasteiger partial charge in [0.05, 0.1) is 10.2 Å². The Morgan fingerprint density at radius 2 is 2.21 bits per heavy atom. The minimum Gasteiger partial charge on any atom is -0.355 e. The Kier molecular flexibility index (Phi) is 4.55. The van der Waals surface area contributed by atoms with E-state index in [-0.39, 0.29) is 0 Å². The molecule has 5 nitrogen and oxygen atoms in total. The first-order chi connectivity index (χ1) is 9.19. The summed E-state index contributed by atoms with van der Waals surface area (Å²) < 4.78 is 1.13. The molecular weight excluding hydrogens is 258 g/mol. The van der Waals surface area contributed by atoms with E-state index in [1.807, 2.05) is 11.4 Å². The molecule has 3 N–H and O–H groups in total. The summed E-state index contributed by atoms with van der Waals surface area (Å²) in [5.41, 5.74) is 3.50. The molecule has 0 spiro atoms. The van der Waals surface area contributed by atoms with Gasteiger partial charge < -0.3 is 4.90 Å². The lowest BCUT2D eigenvalue weighted by molar-refractivity contribution is 0.546. The Morgan fingerprint density at radius 3 is 2.84 bits per heavy atom. The van der Waals surface area contributed by atoms with Gasteiger partial charge in [0.2, 0.25) is 5.95 Å². The SMILES string of the molecule is CCC(C)CN(CC)c1nc(NN)nc2ccsc12. The van der Waals surface area contributed by atoms with Crippen LogP contribution in [0.5, 0.6) is 0 Å². The zero-order valence-electron chi connectivity index (χ0n) is 11.7. The Bertz CT molecular complexity index is 539. The van der Waals surface area contributed by atoms with Crippen LogP contribution < -0.4 is 16.2 Å². The maximum Gasteiger partial charge on any atom is 0.239 e. The summed E-state index contributed by atoms with van der Waals surface area (Å²) in [6, 6.07) is 2.00. The van der Waals surface area contributed by atoms with E-state index in [2.05, 4.69) is 41.1 Å². The second kappa shape index (κ2) is 6.16. The van der Waals surface area contributed by atoms with Gasteiger partial charge in [-0.05, 0) is 24.3 Å². The van der Waals surface area contributed by atoms with Crippen LogP contribution >= 0.6 is 11.3 Å². The van der Waals surface area contributed by atoms with Crippen LogP contribution in [-0.4, -0.2) is 23.1 Å². The molecule has 1 atom stereocenters. The van der Waals surface area contributed by atoms with Gasteiger partial charge >= 0.3 is 0 Å². The van der Waals surface area contributed by atoms with E-state index in [0.29, 0.717) is 11.9 Å². The molecule has 2 aromatic rings. The molecule has 0 saturated heterocycles. The van der Waals surface area contributed by atoms with Crippen LogP contribution in [0.25, 0.3) is 10.2 Å². The standard InChI is InChI=1S/C13H21N5S/c1-4-9(3)8-18(5-2)12-11-10(6-7-19-11)15-13(16-12)17-14/h6-7,9H,4-5,8,14H2,1-3H3,(H,15,16,17). The second-order valence-electron chi connectivity index (χ2n) is 4.70. The lowest BCUT2D eigenvalue weighted by Crippen LogP contribution is -2.29. The van der Waals surface area contributed by atoms with E-state index in [4.69, 9.17) is 5.84 Å². The first-order valence-electron chi connectivity index (χ1n) is 6.66. The summed E-state index contributed by atoms with van der Waals surface area (Å²) in [5, 5.41) is 2.04. The van der Waals surface area contributed by atoms with Crippen molar-refractivity contribution in [2.75, 3.05) is 23.4 Å². The fraction of sp³-hybridized carbons (Fsp3) is 0.538. The molecule has 0 fully saturated rings. The average molecular weight is 279 g/mol. The van der Waals surface area contributed by atoms with Crippen molar-refractivity contribution in [2.24, 2.45) is 11.8 Å². The number of hydrogen-bond acceptors (Lipinski definition) is 6. The molecule has 2 aromatic heterocycles. The molecule has 0 saturated carbocycles. The maximum absolute atomic E-state index is 5.46. The van der Waals surface area contributed by atoms with Crippen molar-refractivity contribution in [2.45, 2.75) is 27.2 Å². The molecule has 0 aliphatic heterocycles. The van der Waals surface area contributed by atoms with Crippen molar-refractivity contribution in [1.29, 1.82) is 0 Å². The van der Waals surface area contributed by atoms with E-state index in [1.54, 1.807) is 11.3 Å². The molecule has 6 heteroatoms. The van der Waals surface area contributed by atoms with E-state index in [1.165, 1.54) is 0 Å². The van der Waals surface area contributed by atoms with E-state index < -0.39 is 0 Å². The lowest BCUT2D eigenvalue weighted by atomic mass is 10.1. The number of nitrogens with zero attached hydrogens (tertiary/aromatic N) is 3. The fourth-order valence-electron chi connectivity index (χ4n) is 2.00. The van der Waals surface area contributed by atoms with Crippen LogP contribution in [0.1, 0.15) is 27.2 Å². The minimum atomic E-state index is 0.475. The van der Waals surface area contributed by atoms with Crippen molar-refractivity contribution in [1.82, 2.24) is 9.97 Å².